The van der Waals surface area contributed by atoms with E-state index in [9.17, 15) is 63.4 Å². The maximum absolute atomic E-state index is 13.3. The molecule has 32 heteroatoms. The van der Waals surface area contributed by atoms with Gasteiger partial charge in [-0.15, -0.1) is 0 Å². The van der Waals surface area contributed by atoms with Crippen molar-refractivity contribution in [2.75, 3.05) is 119 Å². The van der Waals surface area contributed by atoms with Crippen molar-refractivity contribution in [1.82, 2.24) is 35.1 Å². The van der Waals surface area contributed by atoms with E-state index < -0.39 is 47.5 Å². The van der Waals surface area contributed by atoms with Crippen LogP contribution in [0.1, 0.15) is 132 Å². The number of hydrogen-bond donors (Lipinski definition) is 4. The van der Waals surface area contributed by atoms with Crippen LogP contribution >= 0.6 is 23.5 Å². The van der Waals surface area contributed by atoms with Gasteiger partial charge in [-0.3, -0.25) is 83.5 Å². The number of nitro benzene ring substituents is 2. The van der Waals surface area contributed by atoms with E-state index in [4.69, 9.17) is 18.9 Å². The smallest absolute Gasteiger partial charge is 0.270 e. The Kier molecular flexibility index (Phi) is 23.9. The number of nitro groups is 2. The van der Waals surface area contributed by atoms with Gasteiger partial charge in [0.25, 0.3) is 35.0 Å². The molecule has 30 nitrogen and oxygen atoms in total. The van der Waals surface area contributed by atoms with Crippen molar-refractivity contribution in [2.45, 2.75) is 159 Å². The number of carbonyl (C=O) groups is 9. The van der Waals surface area contributed by atoms with E-state index in [-0.39, 0.29) is 108 Å². The summed E-state index contributed by atoms with van der Waals surface area (Å²) in [6, 6.07) is 30.4. The minimum absolute atomic E-state index is 0. The van der Waals surface area contributed by atoms with Crippen LogP contribution in [0.5, 0.6) is 11.5 Å². The number of aldehydes is 1. The first-order valence-electron chi connectivity index (χ1n) is 38.9. The van der Waals surface area contributed by atoms with Crippen molar-refractivity contribution in [3.8, 4) is 11.5 Å². The number of fused-ring (bicyclic) bond motifs is 6. The molecule has 0 spiro atoms. The highest BCUT2D eigenvalue weighted by atomic mass is 32.2. The number of anilines is 6. The van der Waals surface area contributed by atoms with Crippen molar-refractivity contribution in [3.05, 3.63) is 152 Å². The average Bonchev–Trinajstić information content (AvgIpc) is 1.55. The molecule has 3 aliphatic carbocycles. The Bertz CT molecular complexity index is 4780. The third-order valence-corrected chi connectivity index (χ3v) is 25.4. The molecule has 6 aromatic rings. The SMILES string of the molecule is C.O=C1CCC(N2C(=O)c3ccc(N4CCN(CCN5CCC(OC6CC(Oc7ccc8c(c7)Sc7cc([N+](=O)[O-])ccc7N8)C6)CC5)CC4)cc3C2=O)C(=O)C1.O=CCN1CCN(c2ccc3c(c2)C(=O)N(C2CCC(=O)NC2=O)C3=O)CC1.O=[N+]([O-])c1ccc2c(c1)Sc1cc(OC3CC(OC4CCNCC4)C3)ccc1N2. The molecule has 12 aliphatic rings. The van der Waals surface area contributed by atoms with Gasteiger partial charge in [0.1, 0.15) is 41.8 Å². The number of amides is 6. The summed E-state index contributed by atoms with van der Waals surface area (Å²) in [5, 5.41) is 34.5. The molecule has 0 radical (unpaired) electrons. The molecule has 5 saturated heterocycles. The first-order chi connectivity index (χ1) is 54.8. The molecule has 6 aromatic carbocycles. The van der Waals surface area contributed by atoms with Crippen LogP contribution in [0.15, 0.2) is 129 Å². The lowest BCUT2D eigenvalue weighted by Crippen LogP contribution is -2.54. The normalized spacial score (nSPS) is 23.5. The van der Waals surface area contributed by atoms with Crippen molar-refractivity contribution >= 4 is 122 Å². The Hall–Kier alpha value is -10.2. The van der Waals surface area contributed by atoms with Gasteiger partial charge in [-0.2, -0.15) is 0 Å². The van der Waals surface area contributed by atoms with E-state index in [1.165, 1.54) is 35.7 Å². The lowest BCUT2D eigenvalue weighted by molar-refractivity contribution is -0.385. The molecule has 4 N–H and O–H groups in total. The number of ketones is 2. The topological polar surface area (TPSA) is 348 Å². The maximum Gasteiger partial charge on any atom is 0.270 e. The Morgan fingerprint density at radius 1 is 0.447 bits per heavy atom. The third-order valence-electron chi connectivity index (χ3n) is 23.2. The first-order valence-corrected chi connectivity index (χ1v) is 40.5. The molecule has 0 aromatic heterocycles. The maximum atomic E-state index is 13.3. The van der Waals surface area contributed by atoms with Gasteiger partial charge in [0, 0.05) is 172 Å². The average molecular weight is 1590 g/mol. The minimum atomic E-state index is -0.958. The molecule has 3 saturated carbocycles. The lowest BCUT2D eigenvalue weighted by Gasteiger charge is -2.40. The Morgan fingerprint density at radius 3 is 1.36 bits per heavy atom. The van der Waals surface area contributed by atoms with Crippen LogP contribution in [-0.4, -0.2) is 235 Å². The summed E-state index contributed by atoms with van der Waals surface area (Å²) in [5.74, 6) is -1.77. The zero-order valence-corrected chi connectivity index (χ0v) is 63.8. The van der Waals surface area contributed by atoms with Crippen LogP contribution in [0.3, 0.4) is 0 Å². The monoisotopic (exact) mass is 1590 g/mol. The molecule has 114 heavy (non-hydrogen) atoms. The number of ether oxygens (including phenoxy) is 4. The minimum Gasteiger partial charge on any atom is -0.490 e. The number of piperidine rings is 3. The summed E-state index contributed by atoms with van der Waals surface area (Å²) in [5.41, 5.74) is 6.83. The second-order valence-corrected chi connectivity index (χ2v) is 32.6. The Morgan fingerprint density at radius 2 is 0.886 bits per heavy atom. The highest BCUT2D eigenvalue weighted by molar-refractivity contribution is 8.00. The van der Waals surface area contributed by atoms with Crippen LogP contribution in [0, 0.1) is 20.2 Å². The number of non-ortho nitro benzene ring substituents is 2. The van der Waals surface area contributed by atoms with Gasteiger partial charge >= 0.3 is 0 Å². The van der Waals surface area contributed by atoms with Crippen LogP contribution in [0.4, 0.5) is 45.5 Å². The molecular formula is C82H91N13O17S2. The van der Waals surface area contributed by atoms with E-state index in [1.807, 2.05) is 42.5 Å². The van der Waals surface area contributed by atoms with Crippen molar-refractivity contribution in [2.24, 2.45) is 0 Å². The molecule has 8 fully saturated rings. The number of Topliss-reactive ketones (excluding diaryl/α,β-unsaturated/α-hetero) is 2. The zero-order valence-electron chi connectivity index (χ0n) is 62.2. The molecule has 18 rings (SSSR count). The number of hydrogen-bond acceptors (Lipinski definition) is 27. The van der Waals surface area contributed by atoms with Crippen LogP contribution in [-0.2, 0) is 33.4 Å². The summed E-state index contributed by atoms with van der Waals surface area (Å²) in [6.45, 7) is 12.9. The fourth-order valence-electron chi connectivity index (χ4n) is 16.6. The van der Waals surface area contributed by atoms with E-state index in [0.717, 1.165) is 211 Å². The Labute approximate surface area is 666 Å². The standard InChI is InChI=1S/C41H44N6O8S.C21H23N3O4S.C19H20N4O5.CH4/c48-27-3-8-36(37(49)21-27)46-40(50)32-5-1-25(19-33(32)41(46)51)45-17-15-44(16-18-45)14-13-43-11-9-28(10-12-43)54-30-22-31(23-30)55-29-4-7-35-39(24-29)56-38-20-26(47(52)53)2-6-34(38)42-35;25-24(26)13-1-3-18-20(9-13)29-21-12-15(2-4-19(21)23-18)28-17-10-16(11-17)27-14-5-7-22-8-6-14;24-10-9-21-5-7-22(8-6-21)12-1-2-13-14(11-12)19(28)23(18(13)27)15-3-4-16(25)20-17(15)26;/h1-2,4-7,19-20,24,28,30-31,36,42H,3,8-18,21-23H2;1-4,9,12,14,16-17,22-23H,5-8,10-11H2;1-2,10-11,15H,3-9H2,(H,20,25,26);1H4. The molecule has 598 valence electrons. The predicted octanol–water partition coefficient (Wildman–Crippen LogP) is 9.83. The van der Waals surface area contributed by atoms with Gasteiger partial charge in [0.15, 0.2) is 5.78 Å². The molecule has 9 aliphatic heterocycles. The fraction of sp³-hybridized carbons (Fsp3) is 0.451. The number of piperazine rings is 2. The number of nitrogens with zero attached hydrogens (tertiary/aromatic N) is 9. The van der Waals surface area contributed by atoms with Gasteiger partial charge in [-0.25, -0.2) is 0 Å². The van der Waals surface area contributed by atoms with Crippen LogP contribution < -0.4 is 40.5 Å². The van der Waals surface area contributed by atoms with Crippen LogP contribution in [0.25, 0.3) is 0 Å². The lowest BCUT2D eigenvalue weighted by atomic mass is 9.91. The third kappa shape index (κ3) is 17.4. The highest BCUT2D eigenvalue weighted by Gasteiger charge is 2.47. The van der Waals surface area contributed by atoms with Gasteiger partial charge in [0.05, 0.1) is 98.3 Å². The summed E-state index contributed by atoms with van der Waals surface area (Å²) in [6.07, 6.45) is 10.6. The number of nitrogens with one attached hydrogen (secondary N) is 4. The number of carbonyl (C=O) groups excluding carboxylic acids is 9. The Balaban J connectivity index is 0.000000148. The number of imide groups is 3. The number of rotatable bonds is 19. The van der Waals surface area contributed by atoms with Crippen LogP contribution in [0.2, 0.25) is 0 Å². The summed E-state index contributed by atoms with van der Waals surface area (Å²) in [7, 11) is 0. The van der Waals surface area contributed by atoms with E-state index in [1.54, 1.807) is 54.6 Å². The quantitative estimate of drug-likeness (QED) is 0.0192. The number of likely N-dealkylation sites (tertiary alicyclic amines) is 1. The van der Waals surface area contributed by atoms with Gasteiger partial charge in [0.2, 0.25) is 11.8 Å². The summed E-state index contributed by atoms with van der Waals surface area (Å²) < 4.78 is 25.1. The summed E-state index contributed by atoms with van der Waals surface area (Å²) in [4.78, 5) is 149. The van der Waals surface area contributed by atoms with Crippen molar-refractivity contribution in [1.29, 1.82) is 0 Å². The largest absolute Gasteiger partial charge is 0.490 e. The first kappa shape index (κ1) is 79.1. The molecular weight excluding hydrogens is 1500 g/mol. The molecule has 2 atom stereocenters. The fourth-order valence-corrected chi connectivity index (χ4v) is 18.7. The van der Waals surface area contributed by atoms with Gasteiger partial charge < -0.3 is 54.4 Å². The predicted molar refractivity (Wildman–Crippen MR) is 424 cm³/mol. The second kappa shape index (κ2) is 34.5. The van der Waals surface area contributed by atoms with Gasteiger partial charge in [-0.05, 0) is 137 Å². The highest BCUT2D eigenvalue weighted by Crippen LogP contribution is 2.49. The van der Waals surface area contributed by atoms with Crippen molar-refractivity contribution < 1.29 is 71.9 Å². The summed E-state index contributed by atoms with van der Waals surface area (Å²) >= 11 is 3.04. The number of benzene rings is 6. The zero-order chi connectivity index (χ0) is 78.1. The second-order valence-electron chi connectivity index (χ2n) is 30.5. The van der Waals surface area contributed by atoms with E-state index in [0.29, 0.717) is 43.0 Å². The van der Waals surface area contributed by atoms with Gasteiger partial charge in [-0.1, -0.05) is 31.0 Å². The van der Waals surface area contributed by atoms with E-state index in [2.05, 4.69) is 45.8 Å². The van der Waals surface area contributed by atoms with Crippen molar-refractivity contribution in [3.63, 3.8) is 0 Å². The van der Waals surface area contributed by atoms with E-state index >= 15 is 0 Å². The molecule has 9 heterocycles. The molecule has 0 bridgehead atoms. The molecule has 6 amide bonds. The molecule has 2 unspecified atom stereocenters.